The van der Waals surface area contributed by atoms with Crippen LogP contribution in [0.25, 0.3) is 10.8 Å². The highest BCUT2D eigenvalue weighted by Crippen LogP contribution is 2.24. The first-order valence-corrected chi connectivity index (χ1v) is 8.85. The van der Waals surface area contributed by atoms with Crippen molar-refractivity contribution in [2.45, 2.75) is 0 Å². The molecule has 2 amide bonds. The molecule has 0 aliphatic rings. The summed E-state index contributed by atoms with van der Waals surface area (Å²) in [6.45, 7) is -0.278. The van der Waals surface area contributed by atoms with Gasteiger partial charge >= 0.3 is 0 Å². The highest BCUT2D eigenvalue weighted by Gasteiger charge is 2.12. The van der Waals surface area contributed by atoms with Crippen LogP contribution in [0.1, 0.15) is 15.9 Å². The Morgan fingerprint density at radius 3 is 2.66 bits per heavy atom. The van der Waals surface area contributed by atoms with E-state index in [-0.39, 0.29) is 23.2 Å². The number of rotatable bonds is 6. The van der Waals surface area contributed by atoms with E-state index in [1.807, 2.05) is 30.3 Å². The van der Waals surface area contributed by atoms with Gasteiger partial charge in [-0.05, 0) is 22.9 Å². The molecule has 29 heavy (non-hydrogen) atoms. The molecule has 0 saturated heterocycles. The maximum Gasteiger partial charge on any atom is 0.288 e. The van der Waals surface area contributed by atoms with Crippen LogP contribution < -0.4 is 10.7 Å². The summed E-state index contributed by atoms with van der Waals surface area (Å²) in [5.41, 5.74) is 2.85. The number of nitrogens with one attached hydrogen (secondary N) is 2. The lowest BCUT2D eigenvalue weighted by molar-refractivity contribution is -0.384. The average Bonchev–Trinajstić information content (AvgIpc) is 2.72. The van der Waals surface area contributed by atoms with Gasteiger partial charge in [0.1, 0.15) is 5.02 Å². The van der Waals surface area contributed by atoms with Gasteiger partial charge in [0.2, 0.25) is 0 Å². The van der Waals surface area contributed by atoms with Gasteiger partial charge in [0, 0.05) is 17.2 Å². The van der Waals surface area contributed by atoms with E-state index in [1.54, 1.807) is 12.1 Å². The fourth-order valence-electron chi connectivity index (χ4n) is 2.65. The van der Waals surface area contributed by atoms with Crippen molar-refractivity contribution in [3.05, 3.63) is 86.9 Å². The number of amides is 2. The molecule has 0 spiro atoms. The molecule has 0 aromatic heterocycles. The quantitative estimate of drug-likeness (QED) is 0.368. The van der Waals surface area contributed by atoms with E-state index in [1.165, 1.54) is 24.4 Å². The Kier molecular flexibility index (Phi) is 6.16. The van der Waals surface area contributed by atoms with Gasteiger partial charge in [0.15, 0.2) is 0 Å². The standard InChI is InChI=1S/C20H15ClN4O4/c21-17-9-8-13(10-18(17)25(28)29)11-23-24-19(26)12-22-20(27)16-7-3-5-14-4-1-2-6-15(14)16/h1-11H,12H2,(H,22,27)(H,24,26)/b23-11+. The lowest BCUT2D eigenvalue weighted by Gasteiger charge is -2.07. The van der Waals surface area contributed by atoms with Gasteiger partial charge < -0.3 is 5.32 Å². The molecule has 8 nitrogen and oxygen atoms in total. The molecular weight excluding hydrogens is 396 g/mol. The van der Waals surface area contributed by atoms with Crippen LogP contribution in [-0.2, 0) is 4.79 Å². The lowest BCUT2D eigenvalue weighted by atomic mass is 10.0. The van der Waals surface area contributed by atoms with Gasteiger partial charge in [-0.3, -0.25) is 19.7 Å². The molecular formula is C20H15ClN4O4. The van der Waals surface area contributed by atoms with E-state index in [0.29, 0.717) is 11.1 Å². The van der Waals surface area contributed by atoms with Crippen molar-refractivity contribution in [1.29, 1.82) is 0 Å². The van der Waals surface area contributed by atoms with E-state index in [2.05, 4.69) is 15.8 Å². The van der Waals surface area contributed by atoms with Crippen LogP contribution in [0, 0.1) is 10.1 Å². The molecule has 9 heteroatoms. The molecule has 3 aromatic rings. The first-order chi connectivity index (χ1) is 14.0. The van der Waals surface area contributed by atoms with Crippen LogP contribution in [-0.4, -0.2) is 29.5 Å². The summed E-state index contributed by atoms with van der Waals surface area (Å²) in [6, 6.07) is 16.9. The zero-order valence-electron chi connectivity index (χ0n) is 15.0. The van der Waals surface area contributed by atoms with E-state index >= 15 is 0 Å². The number of hydrogen-bond acceptors (Lipinski definition) is 5. The molecule has 0 radical (unpaired) electrons. The third-order valence-electron chi connectivity index (χ3n) is 4.01. The van der Waals surface area contributed by atoms with Crippen molar-refractivity contribution < 1.29 is 14.5 Å². The number of nitro groups is 1. The summed E-state index contributed by atoms with van der Waals surface area (Å²) in [4.78, 5) is 34.5. The van der Waals surface area contributed by atoms with Crippen LogP contribution in [0.5, 0.6) is 0 Å². The minimum Gasteiger partial charge on any atom is -0.343 e. The van der Waals surface area contributed by atoms with Crippen molar-refractivity contribution >= 4 is 46.1 Å². The summed E-state index contributed by atoms with van der Waals surface area (Å²) in [7, 11) is 0. The Morgan fingerprint density at radius 1 is 1.10 bits per heavy atom. The minimum absolute atomic E-state index is 0.00679. The zero-order chi connectivity index (χ0) is 20.8. The largest absolute Gasteiger partial charge is 0.343 e. The Labute approximate surface area is 170 Å². The molecule has 0 unspecified atom stereocenters. The molecule has 3 rings (SSSR count). The van der Waals surface area contributed by atoms with Crippen molar-refractivity contribution in [1.82, 2.24) is 10.7 Å². The minimum atomic E-state index is -0.610. The zero-order valence-corrected chi connectivity index (χ0v) is 15.7. The molecule has 146 valence electrons. The number of nitrogens with zero attached hydrogens (tertiary/aromatic N) is 2. The van der Waals surface area contributed by atoms with Gasteiger partial charge in [-0.1, -0.05) is 54.1 Å². The molecule has 0 aliphatic carbocycles. The summed E-state index contributed by atoms with van der Waals surface area (Å²) in [5.74, 6) is -0.924. The van der Waals surface area contributed by atoms with Crippen LogP contribution >= 0.6 is 11.6 Å². The molecule has 0 bridgehead atoms. The molecule has 2 N–H and O–H groups in total. The number of benzene rings is 3. The smallest absolute Gasteiger partial charge is 0.288 e. The fraction of sp³-hybridized carbons (Fsp3) is 0.0500. The highest BCUT2D eigenvalue weighted by atomic mass is 35.5. The van der Waals surface area contributed by atoms with Gasteiger partial charge in [-0.15, -0.1) is 0 Å². The van der Waals surface area contributed by atoms with Crippen molar-refractivity contribution in [3.63, 3.8) is 0 Å². The monoisotopic (exact) mass is 410 g/mol. The SMILES string of the molecule is O=C(CNC(=O)c1cccc2ccccc12)N/N=C/c1ccc(Cl)c([N+](=O)[O-])c1. The highest BCUT2D eigenvalue weighted by molar-refractivity contribution is 6.32. The predicted octanol–water partition coefficient (Wildman–Crippen LogP) is 3.28. The average molecular weight is 411 g/mol. The maximum absolute atomic E-state index is 12.4. The summed E-state index contributed by atoms with van der Waals surface area (Å²) < 4.78 is 0. The van der Waals surface area contributed by atoms with Crippen LogP contribution in [0.4, 0.5) is 5.69 Å². The van der Waals surface area contributed by atoms with Gasteiger partial charge in [0.05, 0.1) is 17.7 Å². The maximum atomic E-state index is 12.4. The third-order valence-corrected chi connectivity index (χ3v) is 4.33. The second kappa shape index (κ2) is 8.94. The number of carbonyl (C=O) groups excluding carboxylic acids is 2. The van der Waals surface area contributed by atoms with Crippen LogP contribution in [0.15, 0.2) is 65.8 Å². The summed E-state index contributed by atoms with van der Waals surface area (Å²) in [6.07, 6.45) is 1.24. The lowest BCUT2D eigenvalue weighted by Crippen LogP contribution is -2.35. The second-order valence-electron chi connectivity index (χ2n) is 5.97. The Hall–Kier alpha value is -3.78. The topological polar surface area (TPSA) is 114 Å². The molecule has 3 aromatic carbocycles. The normalized spacial score (nSPS) is 10.8. The van der Waals surface area contributed by atoms with E-state index < -0.39 is 10.8 Å². The van der Waals surface area contributed by atoms with Crippen LogP contribution in [0.2, 0.25) is 5.02 Å². The Bertz CT molecular complexity index is 1130. The van der Waals surface area contributed by atoms with Crippen molar-refractivity contribution in [3.8, 4) is 0 Å². The molecule has 0 heterocycles. The Balaban J connectivity index is 1.57. The molecule has 0 aliphatic heterocycles. The molecule has 0 fully saturated rings. The van der Waals surface area contributed by atoms with Gasteiger partial charge in [-0.2, -0.15) is 5.10 Å². The summed E-state index contributed by atoms with van der Waals surface area (Å²) >= 11 is 5.74. The predicted molar refractivity (Wildman–Crippen MR) is 110 cm³/mol. The second-order valence-corrected chi connectivity index (χ2v) is 6.38. The number of fused-ring (bicyclic) bond motifs is 1. The van der Waals surface area contributed by atoms with E-state index in [4.69, 9.17) is 11.6 Å². The molecule has 0 atom stereocenters. The van der Waals surface area contributed by atoms with E-state index in [9.17, 15) is 19.7 Å². The van der Waals surface area contributed by atoms with E-state index in [0.717, 1.165) is 10.8 Å². The number of halogens is 1. The fourth-order valence-corrected chi connectivity index (χ4v) is 2.83. The Morgan fingerprint density at radius 2 is 1.86 bits per heavy atom. The van der Waals surface area contributed by atoms with Gasteiger partial charge in [0.25, 0.3) is 17.5 Å². The first kappa shape index (κ1) is 20.0. The number of hydrazone groups is 1. The number of carbonyl (C=O) groups is 2. The van der Waals surface area contributed by atoms with Gasteiger partial charge in [-0.25, -0.2) is 5.43 Å². The third kappa shape index (κ3) is 4.94. The number of hydrogen-bond donors (Lipinski definition) is 2. The van der Waals surface area contributed by atoms with Crippen molar-refractivity contribution in [2.75, 3.05) is 6.54 Å². The molecule has 0 saturated carbocycles. The van der Waals surface area contributed by atoms with Crippen LogP contribution in [0.3, 0.4) is 0 Å². The summed E-state index contributed by atoms with van der Waals surface area (Å²) in [5, 5.41) is 18.9. The first-order valence-electron chi connectivity index (χ1n) is 8.47. The number of nitro benzene ring substituents is 1. The van der Waals surface area contributed by atoms with Crippen molar-refractivity contribution in [2.24, 2.45) is 5.10 Å².